The molecule has 3 atom stereocenters. The lowest BCUT2D eigenvalue weighted by Gasteiger charge is -2.33. The lowest BCUT2D eigenvalue weighted by Crippen LogP contribution is -2.41. The quantitative estimate of drug-likeness (QED) is 0.694. The van der Waals surface area contributed by atoms with E-state index in [0.717, 1.165) is 19.3 Å². The zero-order valence-corrected chi connectivity index (χ0v) is 9.63. The van der Waals surface area contributed by atoms with Crippen molar-refractivity contribution in [3.05, 3.63) is 0 Å². The van der Waals surface area contributed by atoms with Crippen molar-refractivity contribution in [1.29, 1.82) is 0 Å². The molecule has 0 aromatic rings. The maximum atomic E-state index is 9.94. The van der Waals surface area contributed by atoms with E-state index in [1.807, 2.05) is 13.8 Å². The molecular formula is C11H24O2. The largest absolute Gasteiger partial charge is 0.390 e. The molecule has 0 spiro atoms. The van der Waals surface area contributed by atoms with Crippen LogP contribution in [-0.4, -0.2) is 23.9 Å². The van der Waals surface area contributed by atoms with Crippen LogP contribution in [0.4, 0.5) is 0 Å². The minimum absolute atomic E-state index is 0.350. The molecule has 0 aromatic carbocycles. The number of rotatable bonds is 6. The summed E-state index contributed by atoms with van der Waals surface area (Å²) in [6.45, 7) is 8.33. The van der Waals surface area contributed by atoms with Gasteiger partial charge in [-0.3, -0.25) is 0 Å². The summed E-state index contributed by atoms with van der Waals surface area (Å²) in [5.74, 6) is 0.566. The van der Waals surface area contributed by atoms with E-state index in [0.29, 0.717) is 5.92 Å². The highest BCUT2D eigenvalue weighted by atomic mass is 16.5. The van der Waals surface area contributed by atoms with Gasteiger partial charge in [-0.15, -0.1) is 0 Å². The summed E-state index contributed by atoms with van der Waals surface area (Å²) < 4.78 is 5.34. The molecule has 0 saturated carbocycles. The van der Waals surface area contributed by atoms with E-state index >= 15 is 0 Å². The highest BCUT2D eigenvalue weighted by molar-refractivity contribution is 4.83. The summed E-state index contributed by atoms with van der Waals surface area (Å²) in [6.07, 6.45) is 2.44. The van der Waals surface area contributed by atoms with Gasteiger partial charge in [0.2, 0.25) is 0 Å². The van der Waals surface area contributed by atoms with Crippen LogP contribution in [0.1, 0.15) is 47.0 Å². The second kappa shape index (κ2) is 5.61. The monoisotopic (exact) mass is 188 g/mol. The Morgan fingerprint density at radius 1 is 1.38 bits per heavy atom. The van der Waals surface area contributed by atoms with Crippen LogP contribution in [-0.2, 0) is 4.74 Å². The molecule has 1 N–H and O–H groups in total. The van der Waals surface area contributed by atoms with Crippen LogP contribution in [0, 0.1) is 5.92 Å². The molecule has 0 aromatic heterocycles. The first-order chi connectivity index (χ1) is 6.00. The van der Waals surface area contributed by atoms with Gasteiger partial charge >= 0.3 is 0 Å². The fraction of sp³-hybridized carbons (Fsp3) is 1.00. The first-order valence-electron chi connectivity index (χ1n) is 5.23. The van der Waals surface area contributed by atoms with E-state index in [1.54, 1.807) is 7.11 Å². The van der Waals surface area contributed by atoms with Crippen molar-refractivity contribution >= 4 is 0 Å². The molecular weight excluding hydrogens is 164 g/mol. The van der Waals surface area contributed by atoms with E-state index < -0.39 is 0 Å². The molecule has 2 heteroatoms. The highest BCUT2D eigenvalue weighted by Crippen LogP contribution is 2.24. The Balaban J connectivity index is 4.13. The minimum atomic E-state index is -0.372. The van der Waals surface area contributed by atoms with Crippen molar-refractivity contribution in [2.45, 2.75) is 58.7 Å². The zero-order valence-electron chi connectivity index (χ0n) is 9.63. The van der Waals surface area contributed by atoms with Crippen molar-refractivity contribution in [3.8, 4) is 0 Å². The van der Waals surface area contributed by atoms with Gasteiger partial charge in [-0.05, 0) is 25.7 Å². The van der Waals surface area contributed by atoms with Crippen molar-refractivity contribution in [3.63, 3.8) is 0 Å². The van der Waals surface area contributed by atoms with Gasteiger partial charge in [0.1, 0.15) is 0 Å². The van der Waals surface area contributed by atoms with Gasteiger partial charge in [0.15, 0.2) is 0 Å². The van der Waals surface area contributed by atoms with Crippen LogP contribution in [0.3, 0.4) is 0 Å². The molecule has 0 aliphatic rings. The molecule has 0 aliphatic carbocycles. The maximum Gasteiger partial charge on any atom is 0.0905 e. The number of hydrogen-bond acceptors (Lipinski definition) is 2. The topological polar surface area (TPSA) is 29.5 Å². The van der Waals surface area contributed by atoms with E-state index in [2.05, 4.69) is 13.8 Å². The highest BCUT2D eigenvalue weighted by Gasteiger charge is 2.31. The third kappa shape index (κ3) is 3.65. The number of aliphatic hydroxyl groups excluding tert-OH is 1. The van der Waals surface area contributed by atoms with Crippen LogP contribution in [0.15, 0.2) is 0 Å². The van der Waals surface area contributed by atoms with Gasteiger partial charge in [0.25, 0.3) is 0 Å². The average molecular weight is 188 g/mol. The first-order valence-corrected chi connectivity index (χ1v) is 5.23. The Morgan fingerprint density at radius 2 is 1.92 bits per heavy atom. The molecule has 0 fully saturated rings. The van der Waals surface area contributed by atoms with Crippen molar-refractivity contribution in [1.82, 2.24) is 0 Å². The molecule has 0 rings (SSSR count). The van der Waals surface area contributed by atoms with E-state index in [9.17, 15) is 5.11 Å². The van der Waals surface area contributed by atoms with Crippen molar-refractivity contribution in [2.75, 3.05) is 7.11 Å². The summed E-state index contributed by atoms with van der Waals surface area (Å²) in [5.41, 5.74) is -0.372. The third-order valence-electron chi connectivity index (χ3n) is 3.20. The Morgan fingerprint density at radius 3 is 2.23 bits per heavy atom. The predicted octanol–water partition coefficient (Wildman–Crippen LogP) is 2.60. The third-order valence-corrected chi connectivity index (χ3v) is 3.20. The smallest absolute Gasteiger partial charge is 0.0905 e. The van der Waals surface area contributed by atoms with Crippen LogP contribution in [0.25, 0.3) is 0 Å². The van der Waals surface area contributed by atoms with E-state index in [1.165, 1.54) is 0 Å². The van der Waals surface area contributed by atoms with Crippen LogP contribution in [0.5, 0.6) is 0 Å². The Kier molecular flexibility index (Phi) is 5.57. The summed E-state index contributed by atoms with van der Waals surface area (Å²) in [5, 5.41) is 9.94. The number of ether oxygens (including phenoxy) is 1. The molecule has 13 heavy (non-hydrogen) atoms. The first kappa shape index (κ1) is 12.9. The molecule has 0 radical (unpaired) electrons. The van der Waals surface area contributed by atoms with Crippen molar-refractivity contribution in [2.24, 2.45) is 5.92 Å². The average Bonchev–Trinajstić information content (AvgIpc) is 2.16. The fourth-order valence-corrected chi connectivity index (χ4v) is 1.31. The SMILES string of the molecule is CCC(C)CC(O)C(C)(CC)OC. The second-order valence-corrected chi connectivity index (χ2v) is 4.14. The van der Waals surface area contributed by atoms with Gasteiger partial charge in [-0.25, -0.2) is 0 Å². The molecule has 0 aliphatic heterocycles. The van der Waals surface area contributed by atoms with Crippen LogP contribution < -0.4 is 0 Å². The van der Waals surface area contributed by atoms with E-state index in [-0.39, 0.29) is 11.7 Å². The minimum Gasteiger partial charge on any atom is -0.390 e. The number of aliphatic hydroxyl groups is 1. The molecule has 0 heterocycles. The Labute approximate surface area is 82.3 Å². The number of methoxy groups -OCH3 is 1. The molecule has 2 nitrogen and oxygen atoms in total. The number of hydrogen-bond donors (Lipinski definition) is 1. The van der Waals surface area contributed by atoms with Gasteiger partial charge in [-0.1, -0.05) is 27.2 Å². The van der Waals surface area contributed by atoms with Crippen molar-refractivity contribution < 1.29 is 9.84 Å². The summed E-state index contributed by atoms with van der Waals surface area (Å²) in [7, 11) is 1.67. The lowest BCUT2D eigenvalue weighted by molar-refractivity contribution is -0.0992. The van der Waals surface area contributed by atoms with Crippen LogP contribution >= 0.6 is 0 Å². The molecule has 80 valence electrons. The molecule has 0 saturated heterocycles. The maximum absolute atomic E-state index is 9.94. The summed E-state index contributed by atoms with van der Waals surface area (Å²) in [4.78, 5) is 0. The lowest BCUT2D eigenvalue weighted by atomic mass is 9.88. The predicted molar refractivity (Wildman–Crippen MR) is 55.8 cm³/mol. The normalized spacial score (nSPS) is 20.8. The Bertz CT molecular complexity index is 130. The summed E-state index contributed by atoms with van der Waals surface area (Å²) >= 11 is 0. The van der Waals surface area contributed by atoms with Gasteiger partial charge < -0.3 is 9.84 Å². The fourth-order valence-electron chi connectivity index (χ4n) is 1.31. The Hall–Kier alpha value is -0.0800. The molecule has 3 unspecified atom stereocenters. The molecule has 0 bridgehead atoms. The van der Waals surface area contributed by atoms with Gasteiger partial charge in [0, 0.05) is 7.11 Å². The van der Waals surface area contributed by atoms with Gasteiger partial charge in [-0.2, -0.15) is 0 Å². The van der Waals surface area contributed by atoms with E-state index in [4.69, 9.17) is 4.74 Å². The molecule has 0 amide bonds. The van der Waals surface area contributed by atoms with Crippen LogP contribution in [0.2, 0.25) is 0 Å². The standard InChI is InChI=1S/C11H24O2/c1-6-9(3)8-10(12)11(4,7-2)13-5/h9-10,12H,6-8H2,1-5H3. The summed E-state index contributed by atoms with van der Waals surface area (Å²) in [6, 6.07) is 0. The van der Waals surface area contributed by atoms with Gasteiger partial charge in [0.05, 0.1) is 11.7 Å². The zero-order chi connectivity index (χ0) is 10.5. The second-order valence-electron chi connectivity index (χ2n) is 4.14.